The Balaban J connectivity index is 1.88. The molecule has 2 rings (SSSR count). The SMILES string of the molecule is O=C(CSc1ncc[nH]1)Nc1ccc(F)c(Cl)c1. The first-order valence-electron chi connectivity index (χ1n) is 5.02. The molecule has 1 heterocycles. The van der Waals surface area contributed by atoms with E-state index in [1.807, 2.05) is 0 Å². The molecule has 18 heavy (non-hydrogen) atoms. The largest absolute Gasteiger partial charge is 0.340 e. The lowest BCUT2D eigenvalue weighted by Crippen LogP contribution is -2.14. The second-order valence-corrected chi connectivity index (χ2v) is 4.73. The van der Waals surface area contributed by atoms with Gasteiger partial charge in [0.1, 0.15) is 5.82 Å². The summed E-state index contributed by atoms with van der Waals surface area (Å²) in [6.45, 7) is 0. The fourth-order valence-corrected chi connectivity index (χ4v) is 2.04. The second-order valence-electron chi connectivity index (χ2n) is 3.36. The van der Waals surface area contributed by atoms with Crippen LogP contribution in [-0.4, -0.2) is 21.6 Å². The summed E-state index contributed by atoms with van der Waals surface area (Å²) in [6.07, 6.45) is 3.29. The molecule has 0 spiro atoms. The van der Waals surface area contributed by atoms with Crippen molar-refractivity contribution < 1.29 is 9.18 Å². The van der Waals surface area contributed by atoms with Crippen LogP contribution in [0, 0.1) is 5.82 Å². The van der Waals surface area contributed by atoms with E-state index in [0.717, 1.165) is 0 Å². The zero-order valence-corrected chi connectivity index (χ0v) is 10.7. The Kier molecular flexibility index (Phi) is 4.22. The minimum absolute atomic E-state index is 0.0218. The molecule has 4 nitrogen and oxygen atoms in total. The number of amides is 1. The van der Waals surface area contributed by atoms with E-state index >= 15 is 0 Å². The van der Waals surface area contributed by atoms with Gasteiger partial charge in [0.2, 0.25) is 5.91 Å². The van der Waals surface area contributed by atoms with Gasteiger partial charge in [0.05, 0.1) is 10.8 Å². The zero-order chi connectivity index (χ0) is 13.0. The molecule has 94 valence electrons. The Bertz CT molecular complexity index is 547. The third kappa shape index (κ3) is 3.48. The first-order chi connectivity index (χ1) is 8.65. The standard InChI is InChI=1S/C11H9ClFN3OS/c12-8-5-7(1-2-9(8)13)16-10(17)6-18-11-14-3-4-15-11/h1-5H,6H2,(H,14,15)(H,16,17). The molecule has 0 unspecified atom stereocenters. The Morgan fingerprint density at radius 2 is 2.39 bits per heavy atom. The summed E-state index contributed by atoms with van der Waals surface area (Å²) >= 11 is 6.89. The predicted octanol–water partition coefficient (Wildman–Crippen LogP) is 2.93. The number of nitrogens with zero attached hydrogens (tertiary/aromatic N) is 1. The lowest BCUT2D eigenvalue weighted by atomic mass is 10.3. The van der Waals surface area contributed by atoms with Crippen LogP contribution in [0.5, 0.6) is 0 Å². The van der Waals surface area contributed by atoms with Gasteiger partial charge in [0.15, 0.2) is 5.16 Å². The Morgan fingerprint density at radius 1 is 1.56 bits per heavy atom. The number of carbonyl (C=O) groups is 1. The lowest BCUT2D eigenvalue weighted by Gasteiger charge is -2.05. The average Bonchev–Trinajstić information content (AvgIpc) is 2.84. The van der Waals surface area contributed by atoms with Crippen molar-refractivity contribution in [3.63, 3.8) is 0 Å². The molecule has 1 aromatic carbocycles. The number of imidazole rings is 1. The van der Waals surface area contributed by atoms with E-state index in [4.69, 9.17) is 11.6 Å². The van der Waals surface area contributed by atoms with E-state index in [1.54, 1.807) is 12.4 Å². The van der Waals surface area contributed by atoms with Crippen molar-refractivity contribution in [2.24, 2.45) is 0 Å². The zero-order valence-electron chi connectivity index (χ0n) is 9.11. The number of carbonyl (C=O) groups excluding carboxylic acids is 1. The Labute approximate surface area is 112 Å². The van der Waals surface area contributed by atoms with E-state index < -0.39 is 5.82 Å². The quantitative estimate of drug-likeness (QED) is 0.849. The van der Waals surface area contributed by atoms with Crippen LogP contribution in [0.25, 0.3) is 0 Å². The number of benzene rings is 1. The summed E-state index contributed by atoms with van der Waals surface area (Å²) in [5.41, 5.74) is 0.464. The number of rotatable bonds is 4. The van der Waals surface area contributed by atoms with E-state index in [0.29, 0.717) is 10.8 Å². The molecule has 7 heteroatoms. The van der Waals surface area contributed by atoms with Crippen molar-refractivity contribution in [3.8, 4) is 0 Å². The normalized spacial score (nSPS) is 10.3. The molecule has 0 aliphatic heterocycles. The van der Waals surface area contributed by atoms with Gasteiger partial charge in [-0.15, -0.1) is 0 Å². The van der Waals surface area contributed by atoms with Gasteiger partial charge in [-0.05, 0) is 18.2 Å². The first kappa shape index (κ1) is 12.9. The summed E-state index contributed by atoms with van der Waals surface area (Å²) in [4.78, 5) is 18.4. The van der Waals surface area contributed by atoms with Crippen LogP contribution in [0.4, 0.5) is 10.1 Å². The van der Waals surface area contributed by atoms with Gasteiger partial charge in [-0.2, -0.15) is 0 Å². The minimum Gasteiger partial charge on any atom is -0.340 e. The summed E-state index contributed by atoms with van der Waals surface area (Å²) in [5.74, 6) is -0.513. The molecular weight excluding hydrogens is 277 g/mol. The number of hydrogen-bond acceptors (Lipinski definition) is 3. The van der Waals surface area contributed by atoms with Crippen molar-refractivity contribution >= 4 is 35.0 Å². The van der Waals surface area contributed by atoms with Crippen LogP contribution in [0.3, 0.4) is 0 Å². The summed E-state index contributed by atoms with van der Waals surface area (Å²) < 4.78 is 12.9. The van der Waals surface area contributed by atoms with Crippen molar-refractivity contribution in [2.75, 3.05) is 11.1 Å². The number of aromatic nitrogens is 2. The number of halogens is 2. The highest BCUT2D eigenvalue weighted by Gasteiger charge is 2.06. The predicted molar refractivity (Wildman–Crippen MR) is 69.4 cm³/mol. The maximum absolute atomic E-state index is 12.9. The molecule has 2 N–H and O–H groups in total. The topological polar surface area (TPSA) is 57.8 Å². The Hall–Kier alpha value is -1.53. The number of H-pyrrole nitrogens is 1. The van der Waals surface area contributed by atoms with Gasteiger partial charge in [-0.25, -0.2) is 9.37 Å². The summed E-state index contributed by atoms with van der Waals surface area (Å²) in [5, 5.41) is 3.27. The van der Waals surface area contributed by atoms with Gasteiger partial charge >= 0.3 is 0 Å². The van der Waals surface area contributed by atoms with Gasteiger partial charge in [-0.3, -0.25) is 4.79 Å². The number of anilines is 1. The molecule has 0 aliphatic rings. The van der Waals surface area contributed by atoms with Crippen LogP contribution < -0.4 is 5.32 Å². The fourth-order valence-electron chi connectivity index (χ4n) is 1.23. The van der Waals surface area contributed by atoms with Gasteiger partial charge < -0.3 is 10.3 Å². The summed E-state index contributed by atoms with van der Waals surface area (Å²) in [7, 11) is 0. The van der Waals surface area contributed by atoms with Crippen LogP contribution in [0.2, 0.25) is 5.02 Å². The monoisotopic (exact) mass is 285 g/mol. The second kappa shape index (κ2) is 5.88. The number of thioether (sulfide) groups is 1. The average molecular weight is 286 g/mol. The third-order valence-corrected chi connectivity index (χ3v) is 3.21. The molecule has 0 saturated carbocycles. The molecule has 0 atom stereocenters. The molecule has 0 aliphatic carbocycles. The highest BCUT2D eigenvalue weighted by atomic mass is 35.5. The molecule has 0 saturated heterocycles. The van der Waals surface area contributed by atoms with Crippen LogP contribution >= 0.6 is 23.4 Å². The van der Waals surface area contributed by atoms with Crippen LogP contribution in [-0.2, 0) is 4.79 Å². The maximum Gasteiger partial charge on any atom is 0.234 e. The van der Waals surface area contributed by atoms with E-state index in [1.165, 1.54) is 30.0 Å². The van der Waals surface area contributed by atoms with Crippen LogP contribution in [0.1, 0.15) is 0 Å². The lowest BCUT2D eigenvalue weighted by molar-refractivity contribution is -0.113. The van der Waals surface area contributed by atoms with Gasteiger partial charge in [0.25, 0.3) is 0 Å². The molecular formula is C11H9ClFN3OS. The van der Waals surface area contributed by atoms with E-state index in [-0.39, 0.29) is 16.7 Å². The minimum atomic E-state index is -0.514. The van der Waals surface area contributed by atoms with Crippen molar-refractivity contribution in [2.45, 2.75) is 5.16 Å². The molecule has 2 aromatic rings. The Morgan fingerprint density at radius 3 is 3.06 bits per heavy atom. The number of hydrogen-bond donors (Lipinski definition) is 2. The summed E-state index contributed by atoms with van der Waals surface area (Å²) in [6, 6.07) is 4.03. The smallest absolute Gasteiger partial charge is 0.234 e. The molecule has 0 radical (unpaired) electrons. The highest BCUT2D eigenvalue weighted by molar-refractivity contribution is 7.99. The fraction of sp³-hybridized carbons (Fsp3) is 0.0909. The van der Waals surface area contributed by atoms with Crippen molar-refractivity contribution in [1.29, 1.82) is 0 Å². The number of nitrogens with one attached hydrogen (secondary N) is 2. The van der Waals surface area contributed by atoms with Crippen LogP contribution in [0.15, 0.2) is 35.7 Å². The number of aromatic amines is 1. The molecule has 1 aromatic heterocycles. The first-order valence-corrected chi connectivity index (χ1v) is 6.38. The highest BCUT2D eigenvalue weighted by Crippen LogP contribution is 2.20. The molecule has 0 fully saturated rings. The van der Waals surface area contributed by atoms with Gasteiger partial charge in [-0.1, -0.05) is 23.4 Å². The van der Waals surface area contributed by atoms with Crippen molar-refractivity contribution in [1.82, 2.24) is 9.97 Å². The molecule has 0 bridgehead atoms. The van der Waals surface area contributed by atoms with Crippen molar-refractivity contribution in [3.05, 3.63) is 41.4 Å². The van der Waals surface area contributed by atoms with E-state index in [9.17, 15) is 9.18 Å². The van der Waals surface area contributed by atoms with Gasteiger partial charge in [0, 0.05) is 18.1 Å². The van der Waals surface area contributed by atoms with E-state index in [2.05, 4.69) is 15.3 Å². The molecule has 1 amide bonds. The maximum atomic E-state index is 12.9. The third-order valence-electron chi connectivity index (χ3n) is 2.02.